The molecule has 0 N–H and O–H groups in total. The van der Waals surface area contributed by atoms with Crippen molar-refractivity contribution < 1.29 is 26.6 Å². The summed E-state index contributed by atoms with van der Waals surface area (Å²) in [7, 11) is 1.33. The van der Waals surface area contributed by atoms with Crippen LogP contribution in [0.4, 0.5) is 0 Å². The number of hydrogen-bond donors (Lipinski definition) is 0. The number of esters is 1. The predicted molar refractivity (Wildman–Crippen MR) is 70.9 cm³/mol. The summed E-state index contributed by atoms with van der Waals surface area (Å²) >= 11 is 0. The zero-order valence-electron chi connectivity index (χ0n) is 10.7. The number of carbonyl (C=O) groups is 1. The van der Waals surface area contributed by atoms with Gasteiger partial charge in [0.25, 0.3) is 0 Å². The summed E-state index contributed by atoms with van der Waals surface area (Å²) in [4.78, 5) is 10.2. The third kappa shape index (κ3) is 12.5. The van der Waals surface area contributed by atoms with E-state index in [0.29, 0.717) is 5.57 Å². The maximum absolute atomic E-state index is 10.2. The van der Waals surface area contributed by atoms with Gasteiger partial charge in [-0.1, -0.05) is 6.58 Å². The van der Waals surface area contributed by atoms with Crippen LogP contribution in [0.1, 0.15) is 6.92 Å². The van der Waals surface area contributed by atoms with E-state index in [1.54, 1.807) is 6.92 Å². The first-order valence-electron chi connectivity index (χ1n) is 5.25. The van der Waals surface area contributed by atoms with E-state index < -0.39 is 0 Å². The molecule has 0 bridgehead atoms. The quantitative estimate of drug-likeness (QED) is 0.347. The van der Waals surface area contributed by atoms with E-state index in [-0.39, 0.29) is 23.0 Å². The Bertz CT molecular complexity index is 314. The van der Waals surface area contributed by atoms with Crippen molar-refractivity contribution in [3.63, 3.8) is 0 Å². The molecule has 2 aromatic carbocycles. The first-order valence-corrected chi connectivity index (χ1v) is 5.25. The molecule has 2 aromatic rings. The van der Waals surface area contributed by atoms with Gasteiger partial charge in [0.05, 0.1) is 7.11 Å². The molecule has 18 heavy (non-hydrogen) atoms. The molecular formula is C15H18FeO2-6. The Morgan fingerprint density at radius 1 is 1.06 bits per heavy atom. The standard InChI is InChI=1S/C5H8O2.2C5H5.Fe/c1-4(2)5(6)7-3;2*1-2-4-5-3-1;/h1H2,2-3H3;2*1-5H;/q;-5;-1;. The molecule has 0 aromatic heterocycles. The van der Waals surface area contributed by atoms with E-state index in [1.165, 1.54) is 7.11 Å². The van der Waals surface area contributed by atoms with Crippen LogP contribution in [0.5, 0.6) is 0 Å². The van der Waals surface area contributed by atoms with Gasteiger partial charge in [0.1, 0.15) is 0 Å². The second-order valence-electron chi connectivity index (χ2n) is 3.20. The minimum Gasteiger partial charge on any atom is -0.748 e. The van der Waals surface area contributed by atoms with E-state index in [4.69, 9.17) is 0 Å². The second kappa shape index (κ2) is 13.5. The van der Waals surface area contributed by atoms with Crippen LogP contribution < -0.4 is 0 Å². The van der Waals surface area contributed by atoms with Crippen LogP contribution in [0.25, 0.3) is 0 Å². The van der Waals surface area contributed by atoms with Gasteiger partial charge in [-0.25, -0.2) is 16.9 Å². The summed E-state index contributed by atoms with van der Waals surface area (Å²) in [6, 6.07) is 20.0. The fraction of sp³-hybridized carbons (Fsp3) is 0.133. The zero-order valence-corrected chi connectivity index (χ0v) is 11.8. The van der Waals surface area contributed by atoms with Crippen molar-refractivity contribution in [2.24, 2.45) is 0 Å². The minimum absolute atomic E-state index is 0. The number of hydrogen-bond acceptors (Lipinski definition) is 2. The Hall–Kier alpha value is -1.57. The molecule has 0 saturated carbocycles. The Balaban J connectivity index is 0. The van der Waals surface area contributed by atoms with Gasteiger partial charge in [-0.05, 0) is 6.92 Å². The molecule has 2 rings (SSSR count). The second-order valence-corrected chi connectivity index (χ2v) is 3.20. The van der Waals surface area contributed by atoms with E-state index in [1.807, 2.05) is 60.7 Å². The minimum atomic E-state index is -0.347. The summed E-state index contributed by atoms with van der Waals surface area (Å²) in [6.45, 7) is 4.95. The topological polar surface area (TPSA) is 26.3 Å². The van der Waals surface area contributed by atoms with Crippen LogP contribution in [0.2, 0.25) is 0 Å². The van der Waals surface area contributed by atoms with Gasteiger partial charge in [-0.2, -0.15) is 18.2 Å². The van der Waals surface area contributed by atoms with Gasteiger partial charge in [0.15, 0.2) is 0 Å². The summed E-state index contributed by atoms with van der Waals surface area (Å²) in [5, 5.41) is 0. The van der Waals surface area contributed by atoms with Crippen molar-refractivity contribution >= 4 is 5.97 Å². The third-order valence-corrected chi connectivity index (χ3v) is 1.64. The van der Waals surface area contributed by atoms with Gasteiger partial charge in [-0.15, -0.1) is 0 Å². The van der Waals surface area contributed by atoms with Crippen LogP contribution >= 0.6 is 0 Å². The van der Waals surface area contributed by atoms with E-state index >= 15 is 0 Å². The Morgan fingerprint density at radius 2 is 1.44 bits per heavy atom. The SMILES string of the molecule is C=C(C)C(=O)OC.[Fe].[cH-]1[cH-][cH-][cH-][cH-]1.c1cc[cH-]c1. The molecule has 0 aliphatic heterocycles. The maximum Gasteiger partial charge on any atom is 0.332 e. The third-order valence-electron chi connectivity index (χ3n) is 1.64. The van der Waals surface area contributed by atoms with Crippen LogP contribution in [0, 0.1) is 0 Å². The molecule has 0 radical (unpaired) electrons. The maximum atomic E-state index is 10.2. The molecule has 0 heterocycles. The summed E-state index contributed by atoms with van der Waals surface area (Å²) in [5.41, 5.74) is 0.433. The molecular weight excluding hydrogens is 268 g/mol. The summed E-state index contributed by atoms with van der Waals surface area (Å²) < 4.78 is 4.27. The summed E-state index contributed by atoms with van der Waals surface area (Å²) in [5.74, 6) is -0.347. The number of carbonyl (C=O) groups excluding carboxylic acids is 1. The van der Waals surface area contributed by atoms with Crippen LogP contribution in [0.15, 0.2) is 72.8 Å². The van der Waals surface area contributed by atoms with E-state index in [2.05, 4.69) is 11.3 Å². The van der Waals surface area contributed by atoms with Gasteiger partial charge < -0.3 is 35.1 Å². The van der Waals surface area contributed by atoms with Gasteiger partial charge in [0.2, 0.25) is 0 Å². The van der Waals surface area contributed by atoms with Crippen molar-refractivity contribution in [3.05, 3.63) is 72.8 Å². The number of methoxy groups -OCH3 is 1. The number of rotatable bonds is 1. The van der Waals surface area contributed by atoms with Gasteiger partial charge in [0, 0.05) is 22.6 Å². The van der Waals surface area contributed by atoms with Crippen molar-refractivity contribution in [1.82, 2.24) is 0 Å². The number of ether oxygens (including phenoxy) is 1. The zero-order chi connectivity index (χ0) is 12.9. The first kappa shape index (κ1) is 18.8. The van der Waals surface area contributed by atoms with Gasteiger partial charge in [-0.3, -0.25) is 0 Å². The fourth-order valence-electron chi connectivity index (χ4n) is 0.816. The first-order chi connectivity index (χ1) is 8.18. The van der Waals surface area contributed by atoms with Crippen molar-refractivity contribution in [1.29, 1.82) is 0 Å². The average molecular weight is 286 g/mol. The predicted octanol–water partition coefficient (Wildman–Crippen LogP) is 3.54. The summed E-state index contributed by atoms with van der Waals surface area (Å²) in [6.07, 6.45) is 0. The average Bonchev–Trinajstić information content (AvgIpc) is 3.04. The molecule has 0 spiro atoms. The molecule has 0 aliphatic carbocycles. The fourth-order valence-corrected chi connectivity index (χ4v) is 0.816. The molecule has 0 amide bonds. The molecule has 0 saturated heterocycles. The smallest absolute Gasteiger partial charge is 0.332 e. The van der Waals surface area contributed by atoms with E-state index in [0.717, 1.165) is 0 Å². The molecule has 0 aliphatic rings. The molecule has 0 atom stereocenters. The monoisotopic (exact) mass is 286 g/mol. The Labute approximate surface area is 119 Å². The van der Waals surface area contributed by atoms with Crippen molar-refractivity contribution in [3.8, 4) is 0 Å². The Kier molecular flexibility index (Phi) is 14.1. The van der Waals surface area contributed by atoms with Gasteiger partial charge >= 0.3 is 5.97 Å². The van der Waals surface area contributed by atoms with Crippen LogP contribution in [-0.4, -0.2) is 13.1 Å². The van der Waals surface area contributed by atoms with E-state index in [9.17, 15) is 4.79 Å². The van der Waals surface area contributed by atoms with Crippen molar-refractivity contribution in [2.45, 2.75) is 6.92 Å². The normalized spacial score (nSPS) is 7.44. The molecule has 0 fully saturated rings. The van der Waals surface area contributed by atoms with Crippen LogP contribution in [-0.2, 0) is 26.6 Å². The van der Waals surface area contributed by atoms with Crippen molar-refractivity contribution in [2.75, 3.05) is 7.11 Å². The molecule has 104 valence electrons. The largest absolute Gasteiger partial charge is 0.748 e. The van der Waals surface area contributed by atoms with Crippen LogP contribution in [0.3, 0.4) is 0 Å². The molecule has 2 nitrogen and oxygen atoms in total. The molecule has 0 unspecified atom stereocenters. The molecule has 3 heteroatoms. The Morgan fingerprint density at radius 3 is 1.56 bits per heavy atom.